The number of fused-ring (bicyclic) bond motifs is 1. The first kappa shape index (κ1) is 15.1. The average molecular weight is 303 g/mol. The first-order valence-electron chi connectivity index (χ1n) is 7.69. The Labute approximate surface area is 129 Å². The Morgan fingerprint density at radius 1 is 1.27 bits per heavy atom. The number of hydrogen-bond acceptors (Lipinski definition) is 4. The van der Waals surface area contributed by atoms with Crippen LogP contribution in [0.1, 0.15) is 18.9 Å². The summed E-state index contributed by atoms with van der Waals surface area (Å²) in [5, 5.41) is 1.04. The summed E-state index contributed by atoms with van der Waals surface area (Å²) in [6, 6.07) is 7.53. The molecule has 0 atom stereocenters. The van der Waals surface area contributed by atoms with Crippen LogP contribution >= 0.6 is 0 Å². The Kier molecular flexibility index (Phi) is 4.45. The molecule has 22 heavy (non-hydrogen) atoms. The standard InChI is InChI=1S/C17H21NO4/c1-3-6-20-13-4-5-14-12(2)9-16(19)18(15(14)10-13)11-17-21-7-8-22-17/h4-5,9-10,17H,3,6-8,11H2,1-2H3. The van der Waals surface area contributed by atoms with Crippen LogP contribution < -0.4 is 10.3 Å². The third-order valence-corrected chi connectivity index (χ3v) is 3.79. The topological polar surface area (TPSA) is 49.7 Å². The summed E-state index contributed by atoms with van der Waals surface area (Å²) in [5.74, 6) is 0.779. The first-order valence-corrected chi connectivity index (χ1v) is 7.69. The molecule has 0 N–H and O–H groups in total. The van der Waals surface area contributed by atoms with Crippen molar-refractivity contribution in [2.45, 2.75) is 33.1 Å². The largest absolute Gasteiger partial charge is 0.494 e. The minimum atomic E-state index is -0.358. The number of benzene rings is 1. The molecule has 5 heteroatoms. The van der Waals surface area contributed by atoms with Gasteiger partial charge in [-0.15, -0.1) is 0 Å². The molecule has 118 valence electrons. The minimum Gasteiger partial charge on any atom is -0.494 e. The molecule has 0 spiro atoms. The van der Waals surface area contributed by atoms with Gasteiger partial charge in [0, 0.05) is 17.5 Å². The lowest BCUT2D eigenvalue weighted by Crippen LogP contribution is -2.27. The lowest BCUT2D eigenvalue weighted by molar-refractivity contribution is -0.0522. The monoisotopic (exact) mass is 303 g/mol. The van der Waals surface area contributed by atoms with Crippen molar-refractivity contribution >= 4 is 10.9 Å². The number of pyridine rings is 1. The van der Waals surface area contributed by atoms with Gasteiger partial charge in [0.15, 0.2) is 6.29 Å². The van der Waals surface area contributed by atoms with E-state index >= 15 is 0 Å². The van der Waals surface area contributed by atoms with Gasteiger partial charge in [0.2, 0.25) is 0 Å². The number of rotatable bonds is 5. The number of nitrogens with zero attached hydrogens (tertiary/aromatic N) is 1. The third kappa shape index (κ3) is 3.00. The SMILES string of the molecule is CCCOc1ccc2c(C)cc(=O)n(CC3OCCO3)c2c1. The summed E-state index contributed by atoms with van der Waals surface area (Å²) in [7, 11) is 0. The molecule has 1 aliphatic heterocycles. The third-order valence-electron chi connectivity index (χ3n) is 3.79. The van der Waals surface area contributed by atoms with E-state index in [9.17, 15) is 4.79 Å². The maximum atomic E-state index is 12.4. The van der Waals surface area contributed by atoms with Gasteiger partial charge >= 0.3 is 0 Å². The molecular formula is C17H21NO4. The van der Waals surface area contributed by atoms with Crippen LogP contribution in [0.15, 0.2) is 29.1 Å². The summed E-state index contributed by atoms with van der Waals surface area (Å²) < 4.78 is 18.3. The molecular weight excluding hydrogens is 282 g/mol. The van der Waals surface area contributed by atoms with Crippen molar-refractivity contribution in [1.29, 1.82) is 0 Å². The van der Waals surface area contributed by atoms with Gasteiger partial charge in [0.25, 0.3) is 5.56 Å². The highest BCUT2D eigenvalue weighted by atomic mass is 16.7. The highest BCUT2D eigenvalue weighted by Crippen LogP contribution is 2.23. The van der Waals surface area contributed by atoms with Gasteiger partial charge in [-0.25, -0.2) is 0 Å². The lowest BCUT2D eigenvalue weighted by atomic mass is 10.1. The second-order valence-corrected chi connectivity index (χ2v) is 5.47. The number of aryl methyl sites for hydroxylation is 1. The van der Waals surface area contributed by atoms with Crippen molar-refractivity contribution in [3.05, 3.63) is 40.2 Å². The van der Waals surface area contributed by atoms with Gasteiger partial charge < -0.3 is 18.8 Å². The van der Waals surface area contributed by atoms with E-state index in [0.29, 0.717) is 26.4 Å². The van der Waals surface area contributed by atoms with Crippen molar-refractivity contribution in [2.75, 3.05) is 19.8 Å². The van der Waals surface area contributed by atoms with Crippen molar-refractivity contribution in [3.8, 4) is 5.75 Å². The summed E-state index contributed by atoms with van der Waals surface area (Å²) in [4.78, 5) is 12.4. The van der Waals surface area contributed by atoms with Gasteiger partial charge in [-0.05, 0) is 31.0 Å². The number of hydrogen-bond donors (Lipinski definition) is 0. The molecule has 1 fully saturated rings. The van der Waals surface area contributed by atoms with Crippen LogP contribution in [0.25, 0.3) is 10.9 Å². The van der Waals surface area contributed by atoms with Crippen LogP contribution in [-0.4, -0.2) is 30.7 Å². The van der Waals surface area contributed by atoms with Gasteiger partial charge in [0.05, 0.1) is 31.9 Å². The van der Waals surface area contributed by atoms with Crippen molar-refractivity contribution < 1.29 is 14.2 Å². The van der Waals surface area contributed by atoms with E-state index in [1.165, 1.54) is 0 Å². The summed E-state index contributed by atoms with van der Waals surface area (Å²) in [5.41, 5.74) is 1.78. The first-order chi connectivity index (χ1) is 10.7. The maximum Gasteiger partial charge on any atom is 0.251 e. The Morgan fingerprint density at radius 3 is 2.77 bits per heavy atom. The molecule has 1 aromatic heterocycles. The van der Waals surface area contributed by atoms with Gasteiger partial charge in [-0.2, -0.15) is 0 Å². The molecule has 5 nitrogen and oxygen atoms in total. The molecule has 0 amide bonds. The van der Waals surface area contributed by atoms with E-state index in [-0.39, 0.29) is 11.8 Å². The molecule has 0 radical (unpaired) electrons. The Balaban J connectivity index is 2.04. The maximum absolute atomic E-state index is 12.4. The summed E-state index contributed by atoms with van der Waals surface area (Å²) in [6.45, 7) is 6.23. The van der Waals surface area contributed by atoms with Gasteiger partial charge in [-0.3, -0.25) is 4.79 Å². The van der Waals surface area contributed by atoms with E-state index in [4.69, 9.17) is 14.2 Å². The van der Waals surface area contributed by atoms with Crippen LogP contribution in [0.2, 0.25) is 0 Å². The second-order valence-electron chi connectivity index (χ2n) is 5.47. The zero-order valence-corrected chi connectivity index (χ0v) is 13.0. The average Bonchev–Trinajstić information content (AvgIpc) is 3.02. The van der Waals surface area contributed by atoms with Crippen LogP contribution in [0.5, 0.6) is 5.75 Å². The molecule has 0 saturated carbocycles. The summed E-state index contributed by atoms with van der Waals surface area (Å²) >= 11 is 0. The van der Waals surface area contributed by atoms with E-state index in [1.54, 1.807) is 10.6 Å². The normalized spacial score (nSPS) is 15.5. The van der Waals surface area contributed by atoms with Crippen LogP contribution in [0, 0.1) is 6.92 Å². The predicted octanol–water partition coefficient (Wildman–Crippen LogP) is 2.47. The van der Waals surface area contributed by atoms with E-state index < -0.39 is 0 Å². The Bertz CT molecular complexity index is 716. The quantitative estimate of drug-likeness (QED) is 0.851. The fourth-order valence-corrected chi connectivity index (χ4v) is 2.69. The molecule has 1 aliphatic rings. The Morgan fingerprint density at radius 2 is 2.05 bits per heavy atom. The number of aromatic nitrogens is 1. The predicted molar refractivity (Wildman–Crippen MR) is 84.4 cm³/mol. The Hall–Kier alpha value is -1.85. The zero-order chi connectivity index (χ0) is 15.5. The fourth-order valence-electron chi connectivity index (χ4n) is 2.69. The molecule has 0 unspecified atom stereocenters. The van der Waals surface area contributed by atoms with Crippen molar-refractivity contribution in [1.82, 2.24) is 4.57 Å². The minimum absolute atomic E-state index is 0.0447. The second kappa shape index (κ2) is 6.50. The lowest BCUT2D eigenvalue weighted by Gasteiger charge is -2.16. The van der Waals surface area contributed by atoms with Gasteiger partial charge in [0.1, 0.15) is 5.75 Å². The molecule has 1 saturated heterocycles. The molecule has 1 aromatic carbocycles. The van der Waals surface area contributed by atoms with Crippen LogP contribution in [0.3, 0.4) is 0 Å². The van der Waals surface area contributed by atoms with Crippen molar-refractivity contribution in [2.24, 2.45) is 0 Å². The smallest absolute Gasteiger partial charge is 0.251 e. The van der Waals surface area contributed by atoms with E-state index in [0.717, 1.165) is 28.6 Å². The van der Waals surface area contributed by atoms with E-state index in [1.807, 2.05) is 25.1 Å². The molecule has 2 aromatic rings. The van der Waals surface area contributed by atoms with Crippen LogP contribution in [-0.2, 0) is 16.0 Å². The van der Waals surface area contributed by atoms with Gasteiger partial charge in [-0.1, -0.05) is 6.92 Å². The molecule has 0 aliphatic carbocycles. The molecule has 3 rings (SSSR count). The highest BCUT2D eigenvalue weighted by molar-refractivity contribution is 5.83. The van der Waals surface area contributed by atoms with Crippen LogP contribution in [0.4, 0.5) is 0 Å². The van der Waals surface area contributed by atoms with E-state index in [2.05, 4.69) is 6.92 Å². The van der Waals surface area contributed by atoms with Crippen molar-refractivity contribution in [3.63, 3.8) is 0 Å². The fraction of sp³-hybridized carbons (Fsp3) is 0.471. The highest BCUT2D eigenvalue weighted by Gasteiger charge is 2.18. The molecule has 0 bridgehead atoms. The zero-order valence-electron chi connectivity index (χ0n) is 13.0. The number of ether oxygens (including phenoxy) is 3. The summed E-state index contributed by atoms with van der Waals surface area (Å²) in [6.07, 6.45) is 0.589. The molecule has 2 heterocycles.